The summed E-state index contributed by atoms with van der Waals surface area (Å²) in [5.74, 6) is 1.65. The summed E-state index contributed by atoms with van der Waals surface area (Å²) in [5, 5.41) is 1.76. The molecule has 1 saturated carbocycles. The van der Waals surface area contributed by atoms with Crippen molar-refractivity contribution >= 4 is 22.5 Å². The van der Waals surface area contributed by atoms with Gasteiger partial charge >= 0.3 is 0 Å². The first-order valence-electron chi connectivity index (χ1n) is 10.8. The summed E-state index contributed by atoms with van der Waals surface area (Å²) < 4.78 is 0. The Kier molecular flexibility index (Phi) is 5.23. The SMILES string of the molecule is Cc1ccc2cc(CN3CCc4nc(C5CCCCC5)ncc4C3)c(Cl)nc2c1. The van der Waals surface area contributed by atoms with E-state index in [1.54, 1.807) is 0 Å². The number of nitrogens with zero attached hydrogens (tertiary/aromatic N) is 4. The molecule has 0 amide bonds. The molecule has 3 heterocycles. The zero-order valence-electron chi connectivity index (χ0n) is 17.0. The standard InChI is InChI=1S/C24H27ClN4/c1-16-7-8-18-12-19(23(25)27-22(18)11-16)14-29-10-9-21-20(15-29)13-26-24(28-21)17-5-3-2-4-6-17/h7-8,11-13,17H,2-6,9-10,14-15H2,1H3. The Morgan fingerprint density at radius 2 is 1.97 bits per heavy atom. The van der Waals surface area contributed by atoms with Crippen molar-refractivity contribution in [3.63, 3.8) is 0 Å². The molecule has 150 valence electrons. The second-order valence-corrected chi connectivity index (χ2v) is 8.99. The molecular formula is C24H27ClN4. The topological polar surface area (TPSA) is 41.9 Å². The fourth-order valence-electron chi connectivity index (χ4n) is 4.73. The lowest BCUT2D eigenvalue weighted by atomic mass is 9.88. The van der Waals surface area contributed by atoms with Gasteiger partial charge in [-0.15, -0.1) is 0 Å². The Morgan fingerprint density at radius 1 is 1.10 bits per heavy atom. The first-order chi connectivity index (χ1) is 14.2. The van der Waals surface area contributed by atoms with Crippen LogP contribution in [0, 0.1) is 6.92 Å². The number of halogens is 1. The minimum absolute atomic E-state index is 0.568. The fraction of sp³-hybridized carbons (Fsp3) is 0.458. The van der Waals surface area contributed by atoms with E-state index in [0.717, 1.165) is 48.3 Å². The van der Waals surface area contributed by atoms with Gasteiger partial charge in [-0.1, -0.05) is 43.0 Å². The van der Waals surface area contributed by atoms with Gasteiger partial charge in [0.15, 0.2) is 0 Å². The van der Waals surface area contributed by atoms with Gasteiger partial charge in [-0.3, -0.25) is 4.90 Å². The second kappa shape index (κ2) is 8.00. The molecule has 0 spiro atoms. The highest BCUT2D eigenvalue weighted by atomic mass is 35.5. The van der Waals surface area contributed by atoms with Crippen LogP contribution in [-0.2, 0) is 19.5 Å². The summed E-state index contributed by atoms with van der Waals surface area (Å²) in [5.41, 5.74) is 5.76. The van der Waals surface area contributed by atoms with Crippen molar-refractivity contribution in [2.45, 2.75) is 64.5 Å². The molecule has 0 atom stereocenters. The highest BCUT2D eigenvalue weighted by Crippen LogP contribution is 2.32. The zero-order valence-corrected chi connectivity index (χ0v) is 17.8. The van der Waals surface area contributed by atoms with Gasteiger partial charge in [0.1, 0.15) is 11.0 Å². The van der Waals surface area contributed by atoms with Crippen LogP contribution >= 0.6 is 11.6 Å². The third-order valence-corrected chi connectivity index (χ3v) is 6.72. The van der Waals surface area contributed by atoms with E-state index in [9.17, 15) is 0 Å². The summed E-state index contributed by atoms with van der Waals surface area (Å²) >= 11 is 6.52. The number of benzene rings is 1. The number of hydrogen-bond acceptors (Lipinski definition) is 4. The van der Waals surface area contributed by atoms with Gasteiger partial charge in [0.25, 0.3) is 0 Å². The molecule has 4 nitrogen and oxygen atoms in total. The van der Waals surface area contributed by atoms with Crippen molar-refractivity contribution < 1.29 is 0 Å². The molecule has 0 N–H and O–H groups in total. The molecule has 0 radical (unpaired) electrons. The van der Waals surface area contributed by atoms with Gasteiger partial charge in [-0.2, -0.15) is 0 Å². The normalized spacial score (nSPS) is 18.1. The summed E-state index contributed by atoms with van der Waals surface area (Å²) in [7, 11) is 0. The number of hydrogen-bond donors (Lipinski definition) is 0. The lowest BCUT2D eigenvalue weighted by Crippen LogP contribution is -2.31. The van der Waals surface area contributed by atoms with Crippen molar-refractivity contribution in [3.8, 4) is 0 Å². The molecule has 2 aliphatic rings. The van der Waals surface area contributed by atoms with Crippen molar-refractivity contribution in [2.24, 2.45) is 0 Å². The fourth-order valence-corrected chi connectivity index (χ4v) is 4.94. The highest BCUT2D eigenvalue weighted by molar-refractivity contribution is 6.30. The maximum absolute atomic E-state index is 6.52. The highest BCUT2D eigenvalue weighted by Gasteiger charge is 2.23. The number of pyridine rings is 1. The lowest BCUT2D eigenvalue weighted by molar-refractivity contribution is 0.242. The van der Waals surface area contributed by atoms with E-state index in [4.69, 9.17) is 21.6 Å². The molecular weight excluding hydrogens is 380 g/mol. The number of fused-ring (bicyclic) bond motifs is 2. The van der Waals surface area contributed by atoms with Crippen LogP contribution in [0.5, 0.6) is 0 Å². The van der Waals surface area contributed by atoms with E-state index in [-0.39, 0.29) is 0 Å². The van der Waals surface area contributed by atoms with E-state index in [1.807, 2.05) is 0 Å². The summed E-state index contributed by atoms with van der Waals surface area (Å²) in [4.78, 5) is 16.8. The first-order valence-corrected chi connectivity index (χ1v) is 11.2. The molecule has 3 aromatic rings. The Bertz CT molecular complexity index is 1040. The van der Waals surface area contributed by atoms with E-state index in [1.165, 1.54) is 48.9 Å². The van der Waals surface area contributed by atoms with Crippen LogP contribution < -0.4 is 0 Å². The Balaban J connectivity index is 1.33. The largest absolute Gasteiger partial charge is 0.294 e. The first kappa shape index (κ1) is 19.0. The Hall–Kier alpha value is -2.04. The molecule has 1 fully saturated rings. The average Bonchev–Trinajstić information content (AvgIpc) is 2.75. The molecule has 29 heavy (non-hydrogen) atoms. The van der Waals surface area contributed by atoms with E-state index in [2.05, 4.69) is 47.3 Å². The maximum Gasteiger partial charge on any atom is 0.134 e. The van der Waals surface area contributed by atoms with Gasteiger partial charge in [-0.05, 0) is 37.5 Å². The number of rotatable bonds is 3. The average molecular weight is 407 g/mol. The van der Waals surface area contributed by atoms with Gasteiger partial charge in [-0.25, -0.2) is 15.0 Å². The maximum atomic E-state index is 6.52. The lowest BCUT2D eigenvalue weighted by Gasteiger charge is -2.29. The summed E-state index contributed by atoms with van der Waals surface area (Å²) in [6.07, 6.45) is 9.55. The van der Waals surface area contributed by atoms with Crippen LogP contribution in [0.15, 0.2) is 30.5 Å². The van der Waals surface area contributed by atoms with E-state index >= 15 is 0 Å². The van der Waals surface area contributed by atoms with Gasteiger partial charge < -0.3 is 0 Å². The van der Waals surface area contributed by atoms with Gasteiger partial charge in [0.2, 0.25) is 0 Å². The van der Waals surface area contributed by atoms with Crippen LogP contribution in [0.1, 0.15) is 66.2 Å². The number of aryl methyl sites for hydroxylation is 1. The van der Waals surface area contributed by atoms with Crippen molar-refractivity contribution in [3.05, 3.63) is 63.8 Å². The molecule has 2 aromatic heterocycles. The molecule has 1 aromatic carbocycles. The Labute approximate surface area is 177 Å². The zero-order chi connectivity index (χ0) is 19.8. The van der Waals surface area contributed by atoms with Crippen LogP contribution in [0.25, 0.3) is 10.9 Å². The third-order valence-electron chi connectivity index (χ3n) is 6.40. The predicted octanol–water partition coefficient (Wildman–Crippen LogP) is 5.59. The van der Waals surface area contributed by atoms with E-state index in [0.29, 0.717) is 11.1 Å². The van der Waals surface area contributed by atoms with Crippen LogP contribution in [-0.4, -0.2) is 26.4 Å². The van der Waals surface area contributed by atoms with Crippen molar-refractivity contribution in [1.82, 2.24) is 19.9 Å². The summed E-state index contributed by atoms with van der Waals surface area (Å²) in [6.45, 7) is 4.76. The smallest absolute Gasteiger partial charge is 0.134 e. The van der Waals surface area contributed by atoms with Gasteiger partial charge in [0, 0.05) is 60.4 Å². The molecule has 5 heteroatoms. The summed E-state index contributed by atoms with van der Waals surface area (Å²) in [6, 6.07) is 8.52. The van der Waals surface area contributed by atoms with Crippen molar-refractivity contribution in [1.29, 1.82) is 0 Å². The van der Waals surface area contributed by atoms with Crippen LogP contribution in [0.3, 0.4) is 0 Å². The molecule has 0 bridgehead atoms. The van der Waals surface area contributed by atoms with E-state index < -0.39 is 0 Å². The molecule has 1 aliphatic carbocycles. The molecule has 0 unspecified atom stereocenters. The molecule has 5 rings (SSSR count). The van der Waals surface area contributed by atoms with Crippen molar-refractivity contribution in [2.75, 3.05) is 6.54 Å². The van der Waals surface area contributed by atoms with Gasteiger partial charge in [0.05, 0.1) is 5.52 Å². The molecule has 1 aliphatic heterocycles. The third kappa shape index (κ3) is 4.01. The quantitative estimate of drug-likeness (QED) is 0.531. The van der Waals surface area contributed by atoms with Crippen LogP contribution in [0.2, 0.25) is 5.15 Å². The monoisotopic (exact) mass is 406 g/mol. The number of aromatic nitrogens is 3. The van der Waals surface area contributed by atoms with Crippen LogP contribution in [0.4, 0.5) is 0 Å². The second-order valence-electron chi connectivity index (χ2n) is 8.63. The Morgan fingerprint density at radius 3 is 2.83 bits per heavy atom. The minimum Gasteiger partial charge on any atom is -0.294 e. The minimum atomic E-state index is 0.568. The predicted molar refractivity (Wildman–Crippen MR) is 117 cm³/mol. The molecule has 0 saturated heterocycles.